The average molecular weight is 555 g/mol. The first-order valence-electron chi connectivity index (χ1n) is 13.0. The van der Waals surface area contributed by atoms with Crippen LogP contribution in [0.3, 0.4) is 0 Å². The number of anilines is 1. The molecule has 1 aliphatic rings. The number of aliphatic imine (C=N–C) groups is 2. The molecule has 0 fully saturated rings. The zero-order valence-corrected chi connectivity index (χ0v) is 23.8. The van der Waals surface area contributed by atoms with E-state index in [4.69, 9.17) is 4.74 Å². The Morgan fingerprint density at radius 1 is 1.18 bits per heavy atom. The lowest BCUT2D eigenvalue weighted by Crippen LogP contribution is -2.39. The summed E-state index contributed by atoms with van der Waals surface area (Å²) in [6.07, 6.45) is 1.50. The van der Waals surface area contributed by atoms with Crippen LogP contribution in [0, 0.1) is 5.82 Å². The van der Waals surface area contributed by atoms with Gasteiger partial charge in [-0.1, -0.05) is 6.07 Å². The lowest BCUT2D eigenvalue weighted by molar-refractivity contribution is -0.116. The van der Waals surface area contributed by atoms with Gasteiger partial charge in [0.25, 0.3) is 5.91 Å². The molecule has 0 radical (unpaired) electrons. The number of pyridine rings is 1. The molecule has 0 aliphatic carbocycles. The summed E-state index contributed by atoms with van der Waals surface area (Å²) in [7, 11) is 0. The molecule has 1 aliphatic heterocycles. The van der Waals surface area contributed by atoms with Gasteiger partial charge in [0.05, 0.1) is 0 Å². The lowest BCUT2D eigenvalue weighted by atomic mass is 9.99. The van der Waals surface area contributed by atoms with E-state index in [0.29, 0.717) is 31.7 Å². The third-order valence-electron chi connectivity index (χ3n) is 5.81. The Kier molecular flexibility index (Phi) is 9.39. The molecule has 0 saturated carbocycles. The van der Waals surface area contributed by atoms with Gasteiger partial charge in [0.2, 0.25) is 0 Å². The summed E-state index contributed by atoms with van der Waals surface area (Å²) >= 11 is 0. The molecule has 2 aromatic rings. The molecule has 3 rings (SSSR count). The predicted octanol–water partition coefficient (Wildman–Crippen LogP) is 5.58. The summed E-state index contributed by atoms with van der Waals surface area (Å²) in [5.41, 5.74) is -0.497. The summed E-state index contributed by atoms with van der Waals surface area (Å²) in [6, 6.07) is 7.97. The summed E-state index contributed by atoms with van der Waals surface area (Å²) in [5.74, 6) is -1.27. The Bertz CT molecular complexity index is 1340. The van der Waals surface area contributed by atoms with Crippen LogP contribution < -0.4 is 10.6 Å². The molecule has 0 spiro atoms. The number of amidine groups is 1. The van der Waals surface area contributed by atoms with Crippen LogP contribution in [-0.2, 0) is 28.2 Å². The number of aromatic nitrogens is 1. The molecule has 0 atom stereocenters. The second-order valence-corrected chi connectivity index (χ2v) is 10.8. The number of benzene rings is 1. The van der Waals surface area contributed by atoms with Crippen LogP contribution in [0.2, 0.25) is 0 Å². The Morgan fingerprint density at radius 2 is 1.90 bits per heavy atom. The summed E-state index contributed by atoms with van der Waals surface area (Å²) in [6.45, 7) is 14.3. The zero-order chi connectivity index (χ0) is 29.7. The van der Waals surface area contributed by atoms with E-state index in [-0.39, 0.29) is 17.2 Å². The van der Waals surface area contributed by atoms with Gasteiger partial charge in [0, 0.05) is 31.5 Å². The highest BCUT2D eigenvalue weighted by atomic mass is 19.1. The van der Waals surface area contributed by atoms with E-state index in [1.807, 2.05) is 39.0 Å². The smallest absolute Gasteiger partial charge is 0.410 e. The number of fused-ring (bicyclic) bond motifs is 1. The van der Waals surface area contributed by atoms with E-state index in [2.05, 4.69) is 32.3 Å². The number of nitrogens with one attached hydrogen (secondary N) is 2. The highest BCUT2D eigenvalue weighted by Crippen LogP contribution is 2.28. The molecule has 2 amide bonds. The number of ether oxygens (including phenoxy) is 1. The monoisotopic (exact) mass is 554 g/mol. The number of carbonyl (C=O) groups excluding carboxylic acids is 2. The molecule has 214 valence electrons. The SMILES string of the molecule is C=N/C=C(/C(=O)NCC)C(=Nc1ccc(F)c(C(C)(C)F)n1)Nc1ccc2c(c1)CN(C(=O)OC(C)(C)C)CC2. The maximum Gasteiger partial charge on any atom is 0.410 e. The van der Waals surface area contributed by atoms with Crippen LogP contribution >= 0.6 is 0 Å². The molecule has 2 N–H and O–H groups in total. The Morgan fingerprint density at radius 3 is 2.52 bits per heavy atom. The quantitative estimate of drug-likeness (QED) is 0.264. The van der Waals surface area contributed by atoms with E-state index in [1.54, 1.807) is 11.8 Å². The van der Waals surface area contributed by atoms with Crippen LogP contribution in [0.25, 0.3) is 0 Å². The van der Waals surface area contributed by atoms with Crippen molar-refractivity contribution in [3.8, 4) is 0 Å². The largest absolute Gasteiger partial charge is 0.444 e. The minimum absolute atomic E-state index is 0.0158. The molecule has 2 heterocycles. The molecule has 0 unspecified atom stereocenters. The molecule has 0 bridgehead atoms. The van der Waals surface area contributed by atoms with Crippen LogP contribution in [0.15, 0.2) is 52.1 Å². The van der Waals surface area contributed by atoms with Crippen molar-refractivity contribution < 1.29 is 23.1 Å². The van der Waals surface area contributed by atoms with Crippen molar-refractivity contribution in [2.24, 2.45) is 9.98 Å². The standard InChI is InChI=1S/C29H36F2N6O3/c1-8-33-26(38)21(16-32-7)25(36-23-12-11-22(30)24(35-23)29(5,6)31)34-20-10-9-18-13-14-37(17-19(18)15-20)27(39)40-28(2,3)4/h9-12,15-16H,7-8,13-14,17H2,1-6H3,(H,33,38)(H,34,35,36)/b21-16+. The van der Waals surface area contributed by atoms with Crippen molar-refractivity contribution in [1.29, 1.82) is 0 Å². The minimum Gasteiger partial charge on any atom is -0.444 e. The van der Waals surface area contributed by atoms with Crippen LogP contribution in [0.1, 0.15) is 58.4 Å². The van der Waals surface area contributed by atoms with E-state index in [1.165, 1.54) is 26.1 Å². The first kappa shape index (κ1) is 30.4. The van der Waals surface area contributed by atoms with Gasteiger partial charge in [-0.3, -0.25) is 9.79 Å². The molecule has 1 aromatic heterocycles. The minimum atomic E-state index is -2.05. The van der Waals surface area contributed by atoms with Crippen molar-refractivity contribution in [3.63, 3.8) is 0 Å². The molecular formula is C29H36F2N6O3. The Hall–Kier alpha value is -4.15. The maximum absolute atomic E-state index is 14.6. The van der Waals surface area contributed by atoms with Gasteiger partial charge in [0.1, 0.15) is 34.2 Å². The third kappa shape index (κ3) is 7.93. The second kappa shape index (κ2) is 12.4. The lowest BCUT2D eigenvalue weighted by Gasteiger charge is -2.31. The van der Waals surface area contributed by atoms with Gasteiger partial charge >= 0.3 is 6.09 Å². The molecular weight excluding hydrogens is 518 g/mol. The fourth-order valence-electron chi connectivity index (χ4n) is 4.01. The number of likely N-dealkylation sites (N-methyl/N-ethyl adjacent to an activating group) is 1. The zero-order valence-electron chi connectivity index (χ0n) is 23.8. The van der Waals surface area contributed by atoms with Crippen LogP contribution in [0.4, 0.5) is 25.1 Å². The van der Waals surface area contributed by atoms with Crippen molar-refractivity contribution in [1.82, 2.24) is 15.2 Å². The topological polar surface area (TPSA) is 108 Å². The summed E-state index contributed by atoms with van der Waals surface area (Å²) in [4.78, 5) is 39.5. The number of rotatable bonds is 7. The highest BCUT2D eigenvalue weighted by Gasteiger charge is 2.27. The number of nitrogens with zero attached hydrogens (tertiary/aromatic N) is 4. The number of hydrogen-bond donors (Lipinski definition) is 2. The van der Waals surface area contributed by atoms with Crippen molar-refractivity contribution in [3.05, 3.63) is 64.7 Å². The van der Waals surface area contributed by atoms with E-state index >= 15 is 0 Å². The number of alkyl halides is 1. The summed E-state index contributed by atoms with van der Waals surface area (Å²) < 4.78 is 34.4. The Labute approximate surface area is 233 Å². The van der Waals surface area contributed by atoms with Gasteiger partial charge in [-0.15, -0.1) is 0 Å². The van der Waals surface area contributed by atoms with Gasteiger partial charge < -0.3 is 20.3 Å². The first-order chi connectivity index (χ1) is 18.7. The average Bonchev–Trinajstić information content (AvgIpc) is 2.86. The molecule has 11 heteroatoms. The molecule has 0 saturated heterocycles. The number of hydrogen-bond acceptors (Lipinski definition) is 6. The van der Waals surface area contributed by atoms with Gasteiger partial charge in [-0.25, -0.2) is 23.6 Å². The van der Waals surface area contributed by atoms with Gasteiger partial charge in [0.15, 0.2) is 5.82 Å². The molecule has 9 nitrogen and oxygen atoms in total. The van der Waals surface area contributed by atoms with E-state index < -0.39 is 34.8 Å². The highest BCUT2D eigenvalue weighted by molar-refractivity contribution is 6.25. The van der Waals surface area contributed by atoms with E-state index in [9.17, 15) is 18.4 Å². The fraction of sp³-hybridized carbons (Fsp3) is 0.414. The maximum atomic E-state index is 14.6. The number of halogens is 2. The van der Waals surface area contributed by atoms with Crippen LogP contribution in [0.5, 0.6) is 0 Å². The normalized spacial score (nSPS) is 14.3. The van der Waals surface area contributed by atoms with Crippen LogP contribution in [-0.4, -0.2) is 53.1 Å². The van der Waals surface area contributed by atoms with E-state index in [0.717, 1.165) is 17.2 Å². The van der Waals surface area contributed by atoms with Gasteiger partial charge in [-0.2, -0.15) is 0 Å². The molecule has 40 heavy (non-hydrogen) atoms. The predicted molar refractivity (Wildman–Crippen MR) is 152 cm³/mol. The fourth-order valence-corrected chi connectivity index (χ4v) is 4.01. The van der Waals surface area contributed by atoms with Crippen molar-refractivity contribution >= 4 is 36.1 Å². The number of amides is 2. The summed E-state index contributed by atoms with van der Waals surface area (Å²) in [5, 5.41) is 5.83. The Balaban J connectivity index is 2.02. The third-order valence-corrected chi connectivity index (χ3v) is 5.81. The van der Waals surface area contributed by atoms with Gasteiger partial charge in [-0.05, 0) is 90.1 Å². The second-order valence-electron chi connectivity index (χ2n) is 10.8. The number of carbonyl (C=O) groups is 2. The van der Waals surface area contributed by atoms with Crippen molar-refractivity contribution in [2.75, 3.05) is 18.4 Å². The first-order valence-corrected chi connectivity index (χ1v) is 13.0. The van der Waals surface area contributed by atoms with Crippen molar-refractivity contribution in [2.45, 2.75) is 65.8 Å². The molecule has 1 aromatic carbocycles.